The number of benzene rings is 1. The maximum absolute atomic E-state index is 12.2. The zero-order valence-corrected chi connectivity index (χ0v) is 15.2. The fourth-order valence-corrected chi connectivity index (χ4v) is 3.08. The number of nitrogens with one attached hydrogen (secondary N) is 1. The molecule has 3 rings (SSSR count). The predicted molar refractivity (Wildman–Crippen MR) is 99.8 cm³/mol. The van der Waals surface area contributed by atoms with E-state index in [9.17, 15) is 4.79 Å². The van der Waals surface area contributed by atoms with Gasteiger partial charge in [-0.25, -0.2) is 15.0 Å². The molecule has 24 heavy (non-hydrogen) atoms. The number of H-pyrrole nitrogens is 1. The highest BCUT2D eigenvalue weighted by atomic mass is 32.2. The molecule has 0 bridgehead atoms. The van der Waals surface area contributed by atoms with E-state index >= 15 is 0 Å². The Morgan fingerprint density at radius 3 is 2.42 bits per heavy atom. The summed E-state index contributed by atoms with van der Waals surface area (Å²) in [5, 5.41) is 1.78. The van der Waals surface area contributed by atoms with Crippen molar-refractivity contribution in [3.8, 4) is 0 Å². The standard InChI is InChI=1S/C17H17N4OPS/c1-11-18-7-13(8-19-11)6-14-9-20-17(21-16(14)22)24-10-12-2-4-15(23)5-3-12/h2-5,7-9H,6,10,23H2,1H3,(H,20,21,22). The minimum Gasteiger partial charge on any atom is -0.301 e. The number of aromatic amines is 1. The second kappa shape index (κ2) is 7.69. The molecule has 1 atom stereocenters. The summed E-state index contributed by atoms with van der Waals surface area (Å²) in [6.07, 6.45) is 5.58. The van der Waals surface area contributed by atoms with E-state index in [0.717, 1.165) is 16.6 Å². The average molecular weight is 356 g/mol. The molecule has 0 aliphatic carbocycles. The molecule has 0 saturated carbocycles. The first-order valence-electron chi connectivity index (χ1n) is 7.43. The van der Waals surface area contributed by atoms with Crippen molar-refractivity contribution in [3.63, 3.8) is 0 Å². The Bertz CT molecular complexity index is 878. The molecule has 0 radical (unpaired) electrons. The largest absolute Gasteiger partial charge is 0.301 e. The van der Waals surface area contributed by atoms with E-state index in [1.54, 1.807) is 18.6 Å². The Hall–Kier alpha value is -2.04. The maximum Gasteiger partial charge on any atom is 0.255 e. The monoisotopic (exact) mass is 356 g/mol. The van der Waals surface area contributed by atoms with Gasteiger partial charge in [0.2, 0.25) is 0 Å². The lowest BCUT2D eigenvalue weighted by Crippen LogP contribution is -2.15. The molecule has 0 fully saturated rings. The molecule has 1 N–H and O–H groups in total. The third-order valence-corrected chi connectivity index (χ3v) is 4.78. The average Bonchev–Trinajstić information content (AvgIpc) is 2.58. The van der Waals surface area contributed by atoms with Gasteiger partial charge in [-0.2, -0.15) is 0 Å². The third-order valence-electron chi connectivity index (χ3n) is 3.43. The van der Waals surface area contributed by atoms with E-state index < -0.39 is 0 Å². The number of hydrogen-bond donors (Lipinski definition) is 1. The Morgan fingerprint density at radius 2 is 1.75 bits per heavy atom. The quantitative estimate of drug-likeness (QED) is 0.431. The van der Waals surface area contributed by atoms with E-state index in [1.165, 1.54) is 17.3 Å². The highest BCUT2D eigenvalue weighted by molar-refractivity contribution is 7.98. The lowest BCUT2D eigenvalue weighted by atomic mass is 10.1. The van der Waals surface area contributed by atoms with Gasteiger partial charge in [0.25, 0.3) is 5.56 Å². The van der Waals surface area contributed by atoms with Crippen molar-refractivity contribution in [3.05, 3.63) is 75.7 Å². The molecular formula is C17H17N4OPS. The van der Waals surface area contributed by atoms with Crippen LogP contribution < -0.4 is 10.9 Å². The molecule has 122 valence electrons. The number of nitrogens with zero attached hydrogens (tertiary/aromatic N) is 3. The first kappa shape index (κ1) is 16.8. The second-order valence-electron chi connectivity index (χ2n) is 5.39. The minimum atomic E-state index is -0.117. The lowest BCUT2D eigenvalue weighted by molar-refractivity contribution is 0.893. The zero-order valence-electron chi connectivity index (χ0n) is 13.2. The number of aromatic nitrogens is 4. The van der Waals surface area contributed by atoms with Gasteiger partial charge in [-0.1, -0.05) is 36.0 Å². The van der Waals surface area contributed by atoms with E-state index in [1.807, 2.05) is 19.1 Å². The van der Waals surface area contributed by atoms with Crippen molar-refractivity contribution in [1.82, 2.24) is 19.9 Å². The first-order chi connectivity index (χ1) is 11.6. The summed E-state index contributed by atoms with van der Waals surface area (Å²) in [4.78, 5) is 27.7. The normalized spacial score (nSPS) is 10.8. The molecule has 5 nitrogen and oxygen atoms in total. The van der Waals surface area contributed by atoms with Gasteiger partial charge in [0.05, 0.1) is 0 Å². The Balaban J connectivity index is 1.66. The Morgan fingerprint density at radius 1 is 1.04 bits per heavy atom. The zero-order chi connectivity index (χ0) is 16.9. The van der Waals surface area contributed by atoms with Gasteiger partial charge in [0.1, 0.15) is 5.82 Å². The fourth-order valence-electron chi connectivity index (χ4n) is 2.10. The molecule has 2 heterocycles. The summed E-state index contributed by atoms with van der Waals surface area (Å²) in [5.41, 5.74) is 2.58. The van der Waals surface area contributed by atoms with Crippen LogP contribution in [0.4, 0.5) is 0 Å². The van der Waals surface area contributed by atoms with Crippen molar-refractivity contribution in [2.75, 3.05) is 0 Å². The van der Waals surface area contributed by atoms with Crippen LogP contribution in [0.2, 0.25) is 0 Å². The van der Waals surface area contributed by atoms with Gasteiger partial charge < -0.3 is 4.98 Å². The van der Waals surface area contributed by atoms with Gasteiger partial charge in [0.15, 0.2) is 5.16 Å². The third kappa shape index (κ3) is 4.49. The van der Waals surface area contributed by atoms with Gasteiger partial charge in [0, 0.05) is 36.3 Å². The van der Waals surface area contributed by atoms with Crippen LogP contribution in [0.3, 0.4) is 0 Å². The molecular weight excluding hydrogens is 339 g/mol. The highest BCUT2D eigenvalue weighted by Crippen LogP contribution is 2.18. The Labute approximate surface area is 146 Å². The molecule has 2 aromatic heterocycles. The summed E-state index contributed by atoms with van der Waals surface area (Å²) < 4.78 is 0. The van der Waals surface area contributed by atoms with Gasteiger partial charge in [-0.05, 0) is 23.4 Å². The summed E-state index contributed by atoms with van der Waals surface area (Å²) in [7, 11) is 2.66. The van der Waals surface area contributed by atoms with Crippen LogP contribution in [-0.4, -0.2) is 19.9 Å². The van der Waals surface area contributed by atoms with Crippen molar-refractivity contribution >= 4 is 26.3 Å². The molecule has 1 unspecified atom stereocenters. The summed E-state index contributed by atoms with van der Waals surface area (Å²) >= 11 is 1.51. The Kier molecular flexibility index (Phi) is 5.38. The van der Waals surface area contributed by atoms with E-state index in [2.05, 4.69) is 41.3 Å². The number of thioether (sulfide) groups is 1. The highest BCUT2D eigenvalue weighted by Gasteiger charge is 2.06. The maximum atomic E-state index is 12.2. The minimum absolute atomic E-state index is 0.117. The van der Waals surface area contributed by atoms with Crippen LogP contribution in [0.25, 0.3) is 0 Å². The van der Waals surface area contributed by atoms with Crippen LogP contribution >= 0.6 is 21.0 Å². The topological polar surface area (TPSA) is 71.5 Å². The van der Waals surface area contributed by atoms with Crippen LogP contribution in [0.15, 0.2) is 52.8 Å². The molecule has 0 aliphatic rings. The van der Waals surface area contributed by atoms with Crippen LogP contribution in [0.5, 0.6) is 0 Å². The molecule has 0 amide bonds. The predicted octanol–water partition coefficient (Wildman–Crippen LogP) is 2.25. The lowest BCUT2D eigenvalue weighted by Gasteiger charge is -2.04. The molecule has 0 saturated heterocycles. The van der Waals surface area contributed by atoms with Crippen molar-refractivity contribution in [2.24, 2.45) is 0 Å². The smallest absolute Gasteiger partial charge is 0.255 e. The van der Waals surface area contributed by atoms with Crippen molar-refractivity contribution in [1.29, 1.82) is 0 Å². The van der Waals surface area contributed by atoms with Crippen molar-refractivity contribution < 1.29 is 0 Å². The van der Waals surface area contributed by atoms with E-state index in [0.29, 0.717) is 23.0 Å². The van der Waals surface area contributed by atoms with Gasteiger partial charge in [-0.15, -0.1) is 9.24 Å². The first-order valence-corrected chi connectivity index (χ1v) is 8.99. The molecule has 3 aromatic rings. The van der Waals surface area contributed by atoms with E-state index in [-0.39, 0.29) is 5.56 Å². The van der Waals surface area contributed by atoms with Crippen LogP contribution in [-0.2, 0) is 12.2 Å². The number of hydrogen-bond acceptors (Lipinski definition) is 5. The van der Waals surface area contributed by atoms with E-state index in [4.69, 9.17) is 0 Å². The molecule has 7 heteroatoms. The number of aryl methyl sites for hydroxylation is 1. The van der Waals surface area contributed by atoms with Crippen molar-refractivity contribution in [2.45, 2.75) is 24.3 Å². The fraction of sp³-hybridized carbons (Fsp3) is 0.176. The van der Waals surface area contributed by atoms with Crippen LogP contribution in [0.1, 0.15) is 22.5 Å². The number of rotatable bonds is 5. The second-order valence-corrected chi connectivity index (χ2v) is 7.02. The molecule has 0 aliphatic heterocycles. The van der Waals surface area contributed by atoms with Gasteiger partial charge >= 0.3 is 0 Å². The summed E-state index contributed by atoms with van der Waals surface area (Å²) in [6, 6.07) is 8.23. The summed E-state index contributed by atoms with van der Waals surface area (Å²) in [6.45, 7) is 1.83. The summed E-state index contributed by atoms with van der Waals surface area (Å²) in [5.74, 6) is 1.48. The molecule has 0 spiro atoms. The van der Waals surface area contributed by atoms with Gasteiger partial charge in [-0.3, -0.25) is 4.79 Å². The van der Waals surface area contributed by atoms with Crippen LogP contribution in [0, 0.1) is 6.92 Å². The molecule has 1 aromatic carbocycles. The SMILES string of the molecule is Cc1ncc(Cc2cnc(SCc3ccc(P)cc3)[nH]c2=O)cn1.